The number of aromatic nitrogens is 1. The van der Waals surface area contributed by atoms with Gasteiger partial charge in [0.05, 0.1) is 16.8 Å². The van der Waals surface area contributed by atoms with Gasteiger partial charge in [0.15, 0.2) is 4.80 Å². The third kappa shape index (κ3) is 3.60. The molecule has 3 aromatic rings. The largest absolute Gasteiger partial charge is 0.494 e. The molecule has 0 unspecified atom stereocenters. The van der Waals surface area contributed by atoms with Crippen LogP contribution in [0.4, 0.5) is 10.5 Å². The molecule has 0 aliphatic rings. The summed E-state index contributed by atoms with van der Waals surface area (Å²) in [6.45, 7) is 2.56. The maximum absolute atomic E-state index is 12.1. The summed E-state index contributed by atoms with van der Waals surface area (Å²) in [5, 5.41) is 3.27. The van der Waals surface area contributed by atoms with Crippen molar-refractivity contribution in [3.05, 3.63) is 52.3 Å². The Morgan fingerprint density at radius 3 is 2.92 bits per heavy atom. The number of aryl methyl sites for hydroxylation is 1. The van der Waals surface area contributed by atoms with Crippen LogP contribution in [0.15, 0.2) is 47.5 Å². The van der Waals surface area contributed by atoms with Crippen molar-refractivity contribution in [1.29, 1.82) is 0 Å². The molecule has 3 rings (SSSR count). The lowest BCUT2D eigenvalue weighted by molar-refractivity contribution is 0.259. The number of thiazole rings is 1. The number of carbonyl (C=O) groups is 1. The minimum atomic E-state index is -0.440. The zero-order valence-corrected chi connectivity index (χ0v) is 14.8. The van der Waals surface area contributed by atoms with Crippen LogP contribution in [0.3, 0.4) is 0 Å². The summed E-state index contributed by atoms with van der Waals surface area (Å²) in [4.78, 5) is 16.9. The number of fused-ring (bicyclic) bond motifs is 1. The average Bonchev–Trinajstić information content (AvgIpc) is 2.83. The van der Waals surface area contributed by atoms with Gasteiger partial charge in [-0.05, 0) is 43.3 Å². The first-order valence-electron chi connectivity index (χ1n) is 7.40. The first kappa shape index (κ1) is 16.5. The monoisotopic (exact) mass is 361 g/mol. The number of ether oxygens (including phenoxy) is 1. The Balaban J connectivity index is 1.91. The highest BCUT2D eigenvalue weighted by molar-refractivity contribution is 7.16. The lowest BCUT2D eigenvalue weighted by atomic mass is 10.3. The molecule has 0 saturated heterocycles. The third-order valence-corrected chi connectivity index (χ3v) is 4.69. The number of amides is 2. The molecule has 1 aromatic heterocycles. The minimum absolute atomic E-state index is 0.440. The Bertz CT molecular complexity index is 962. The maximum Gasteiger partial charge on any atom is 0.348 e. The topological polar surface area (TPSA) is 55.6 Å². The van der Waals surface area contributed by atoms with E-state index in [4.69, 9.17) is 16.3 Å². The number of anilines is 1. The highest BCUT2D eigenvalue weighted by atomic mass is 35.5. The van der Waals surface area contributed by atoms with Gasteiger partial charge in [-0.1, -0.05) is 29.0 Å². The van der Waals surface area contributed by atoms with Crippen LogP contribution in [0.1, 0.15) is 6.92 Å². The molecule has 24 heavy (non-hydrogen) atoms. The Morgan fingerprint density at radius 1 is 1.33 bits per heavy atom. The number of hydrogen-bond acceptors (Lipinski definition) is 3. The van der Waals surface area contributed by atoms with E-state index in [9.17, 15) is 4.79 Å². The van der Waals surface area contributed by atoms with Crippen molar-refractivity contribution in [3.8, 4) is 5.75 Å². The van der Waals surface area contributed by atoms with Crippen LogP contribution in [-0.4, -0.2) is 17.2 Å². The van der Waals surface area contributed by atoms with Crippen molar-refractivity contribution < 1.29 is 9.53 Å². The number of benzene rings is 2. The smallest absolute Gasteiger partial charge is 0.348 e. The zero-order chi connectivity index (χ0) is 17.1. The van der Waals surface area contributed by atoms with Gasteiger partial charge in [0.2, 0.25) is 0 Å². The fraction of sp³-hybridized carbons (Fsp3) is 0.176. The molecule has 0 atom stereocenters. The quantitative estimate of drug-likeness (QED) is 0.750. The van der Waals surface area contributed by atoms with E-state index < -0.39 is 6.03 Å². The summed E-state index contributed by atoms with van der Waals surface area (Å²) in [5.74, 6) is 0.807. The Morgan fingerprint density at radius 2 is 2.17 bits per heavy atom. The molecule has 1 N–H and O–H groups in total. The lowest BCUT2D eigenvalue weighted by Crippen LogP contribution is -2.16. The number of nitrogens with zero attached hydrogens (tertiary/aromatic N) is 2. The van der Waals surface area contributed by atoms with Crippen LogP contribution in [0.5, 0.6) is 5.75 Å². The number of urea groups is 1. The van der Waals surface area contributed by atoms with Gasteiger partial charge < -0.3 is 14.6 Å². The molecular weight excluding hydrogens is 346 g/mol. The predicted octanol–water partition coefficient (Wildman–Crippen LogP) is 4.42. The van der Waals surface area contributed by atoms with E-state index in [2.05, 4.69) is 10.3 Å². The van der Waals surface area contributed by atoms with Crippen LogP contribution in [0.25, 0.3) is 10.2 Å². The molecule has 7 heteroatoms. The van der Waals surface area contributed by atoms with Gasteiger partial charge in [0, 0.05) is 17.8 Å². The van der Waals surface area contributed by atoms with Crippen LogP contribution in [-0.2, 0) is 7.05 Å². The second kappa shape index (κ2) is 7.07. The summed E-state index contributed by atoms with van der Waals surface area (Å²) >= 11 is 7.35. The molecule has 0 aliphatic carbocycles. The highest BCUT2D eigenvalue weighted by Crippen LogP contribution is 2.22. The van der Waals surface area contributed by atoms with Gasteiger partial charge in [0.1, 0.15) is 5.75 Å². The van der Waals surface area contributed by atoms with Crippen molar-refractivity contribution in [1.82, 2.24) is 4.57 Å². The van der Waals surface area contributed by atoms with Gasteiger partial charge in [-0.3, -0.25) is 0 Å². The molecule has 2 amide bonds. The fourth-order valence-electron chi connectivity index (χ4n) is 2.28. The highest BCUT2D eigenvalue weighted by Gasteiger charge is 2.07. The van der Waals surface area contributed by atoms with Crippen LogP contribution in [0.2, 0.25) is 5.02 Å². The summed E-state index contributed by atoms with van der Waals surface area (Å²) in [6.07, 6.45) is 0. The van der Waals surface area contributed by atoms with Crippen molar-refractivity contribution in [3.63, 3.8) is 0 Å². The van der Waals surface area contributed by atoms with E-state index in [0.29, 0.717) is 22.1 Å². The van der Waals surface area contributed by atoms with Crippen LogP contribution in [0, 0.1) is 0 Å². The maximum atomic E-state index is 12.1. The van der Waals surface area contributed by atoms with Crippen molar-refractivity contribution >= 4 is 44.9 Å². The van der Waals surface area contributed by atoms with Crippen molar-refractivity contribution in [2.24, 2.45) is 12.0 Å². The van der Waals surface area contributed by atoms with Gasteiger partial charge in [-0.25, -0.2) is 4.79 Å². The first-order valence-corrected chi connectivity index (χ1v) is 8.60. The van der Waals surface area contributed by atoms with Crippen LogP contribution >= 0.6 is 22.9 Å². The summed E-state index contributed by atoms with van der Waals surface area (Å²) in [6, 6.07) is 12.3. The molecule has 124 valence electrons. The van der Waals surface area contributed by atoms with E-state index >= 15 is 0 Å². The first-order chi connectivity index (χ1) is 11.6. The molecule has 2 aromatic carbocycles. The molecule has 0 saturated carbocycles. The zero-order valence-electron chi connectivity index (χ0n) is 13.2. The Kier molecular flexibility index (Phi) is 4.87. The number of hydrogen-bond donors (Lipinski definition) is 1. The lowest BCUT2D eigenvalue weighted by Gasteiger charge is -2.02. The number of rotatable bonds is 3. The molecule has 1 heterocycles. The normalized spacial score (nSPS) is 11.7. The molecule has 5 nitrogen and oxygen atoms in total. The SMILES string of the molecule is CCOc1ccc2c(c1)s/c(=N/C(=O)Nc1cccc(Cl)c1)n2C. The van der Waals surface area contributed by atoms with E-state index in [1.165, 1.54) is 11.3 Å². The average molecular weight is 362 g/mol. The van der Waals surface area contributed by atoms with E-state index in [0.717, 1.165) is 16.0 Å². The minimum Gasteiger partial charge on any atom is -0.494 e. The van der Waals surface area contributed by atoms with E-state index in [1.54, 1.807) is 24.3 Å². The number of halogens is 1. The van der Waals surface area contributed by atoms with Gasteiger partial charge in [-0.15, -0.1) is 0 Å². The molecule has 0 fully saturated rings. The third-order valence-electron chi connectivity index (χ3n) is 3.36. The van der Waals surface area contributed by atoms with Crippen molar-refractivity contribution in [2.45, 2.75) is 6.92 Å². The fourth-order valence-corrected chi connectivity index (χ4v) is 3.52. The van der Waals surface area contributed by atoms with Gasteiger partial charge in [-0.2, -0.15) is 4.99 Å². The second-order valence-corrected chi connectivity index (χ2v) is 6.50. The molecule has 0 radical (unpaired) electrons. The van der Waals surface area contributed by atoms with Crippen molar-refractivity contribution in [2.75, 3.05) is 11.9 Å². The van der Waals surface area contributed by atoms with Gasteiger partial charge in [0.25, 0.3) is 0 Å². The Labute approximate surface area is 148 Å². The van der Waals surface area contributed by atoms with Crippen LogP contribution < -0.4 is 14.9 Å². The number of carbonyl (C=O) groups excluding carboxylic acids is 1. The molecular formula is C17H16ClN3O2S. The molecule has 0 bridgehead atoms. The number of nitrogens with one attached hydrogen (secondary N) is 1. The molecule has 0 aliphatic heterocycles. The summed E-state index contributed by atoms with van der Waals surface area (Å²) in [7, 11) is 1.88. The summed E-state index contributed by atoms with van der Waals surface area (Å²) in [5.41, 5.74) is 1.61. The van der Waals surface area contributed by atoms with E-state index in [-0.39, 0.29) is 0 Å². The predicted molar refractivity (Wildman–Crippen MR) is 98.0 cm³/mol. The second-order valence-electron chi connectivity index (χ2n) is 5.06. The van der Waals surface area contributed by atoms with Gasteiger partial charge >= 0.3 is 6.03 Å². The van der Waals surface area contributed by atoms with E-state index in [1.807, 2.05) is 36.7 Å². The molecule has 0 spiro atoms. The Hall–Kier alpha value is -2.31. The standard InChI is InChI=1S/C17H16ClN3O2S/c1-3-23-13-7-8-14-15(10-13)24-17(21(14)2)20-16(22)19-12-6-4-5-11(18)9-12/h4-10H,3H2,1-2H3,(H,19,22)/b20-17+. The summed E-state index contributed by atoms with van der Waals surface area (Å²) < 4.78 is 8.40.